The number of unbranched alkanes of at least 4 members (excludes halogenated alkanes) is 29. The lowest BCUT2D eigenvalue weighted by Gasteiger charge is -2.18. The molecule has 0 saturated carbocycles. The van der Waals surface area contributed by atoms with E-state index in [1.165, 1.54) is 116 Å². The van der Waals surface area contributed by atoms with Crippen LogP contribution in [0.2, 0.25) is 0 Å². The van der Waals surface area contributed by atoms with Crippen molar-refractivity contribution in [3.8, 4) is 0 Å². The molecule has 0 bridgehead atoms. The van der Waals surface area contributed by atoms with Crippen LogP contribution < -0.4 is 0 Å². The van der Waals surface area contributed by atoms with Gasteiger partial charge in [0.25, 0.3) is 0 Å². The minimum Gasteiger partial charge on any atom is -0.462 e. The van der Waals surface area contributed by atoms with E-state index >= 15 is 0 Å². The molecular formula is C58H100O6. The molecule has 0 heterocycles. The van der Waals surface area contributed by atoms with Crippen LogP contribution in [-0.2, 0) is 28.6 Å². The Hall–Kier alpha value is -3.15. The van der Waals surface area contributed by atoms with E-state index in [9.17, 15) is 14.4 Å². The number of allylic oxidation sites excluding steroid dienone is 12. The number of rotatable bonds is 48. The molecule has 1 unspecified atom stereocenters. The van der Waals surface area contributed by atoms with Crippen LogP contribution in [0.15, 0.2) is 72.9 Å². The molecule has 6 nitrogen and oxygen atoms in total. The summed E-state index contributed by atoms with van der Waals surface area (Å²) in [6, 6.07) is 0. The SMILES string of the molecule is CCCCC\C=C/C=C\C=C/C=C\CCCCCCCC(=O)OCC(COC(=O)CCCCCCCCCCCC)OC(=O)CCCCCCC/C=C\C=C/CCCCCCCCC. The van der Waals surface area contributed by atoms with Gasteiger partial charge in [-0.15, -0.1) is 0 Å². The summed E-state index contributed by atoms with van der Waals surface area (Å²) in [7, 11) is 0. The Morgan fingerprint density at radius 1 is 0.312 bits per heavy atom. The normalized spacial score (nSPS) is 12.6. The van der Waals surface area contributed by atoms with Gasteiger partial charge in [0.1, 0.15) is 13.2 Å². The summed E-state index contributed by atoms with van der Waals surface area (Å²) >= 11 is 0. The van der Waals surface area contributed by atoms with Crippen molar-refractivity contribution < 1.29 is 28.6 Å². The fraction of sp³-hybridized carbons (Fsp3) is 0.741. The first-order valence-corrected chi connectivity index (χ1v) is 27.0. The monoisotopic (exact) mass is 893 g/mol. The zero-order chi connectivity index (χ0) is 46.5. The lowest BCUT2D eigenvalue weighted by molar-refractivity contribution is -0.167. The molecule has 0 aliphatic heterocycles. The van der Waals surface area contributed by atoms with Gasteiger partial charge < -0.3 is 14.2 Å². The van der Waals surface area contributed by atoms with E-state index in [1.807, 2.05) is 0 Å². The Bertz CT molecular complexity index is 1210. The molecule has 0 aromatic rings. The second-order valence-corrected chi connectivity index (χ2v) is 17.9. The van der Waals surface area contributed by atoms with Gasteiger partial charge in [0, 0.05) is 19.3 Å². The second kappa shape index (κ2) is 52.5. The van der Waals surface area contributed by atoms with Crippen LogP contribution in [-0.4, -0.2) is 37.2 Å². The fourth-order valence-corrected chi connectivity index (χ4v) is 7.44. The van der Waals surface area contributed by atoms with Crippen LogP contribution in [0.4, 0.5) is 0 Å². The van der Waals surface area contributed by atoms with E-state index in [4.69, 9.17) is 14.2 Å². The summed E-state index contributed by atoms with van der Waals surface area (Å²) in [5.74, 6) is -0.925. The molecule has 0 saturated heterocycles. The lowest BCUT2D eigenvalue weighted by Crippen LogP contribution is -2.30. The molecule has 1 atom stereocenters. The van der Waals surface area contributed by atoms with Crippen LogP contribution >= 0.6 is 0 Å². The molecule has 0 aromatic carbocycles. The van der Waals surface area contributed by atoms with Gasteiger partial charge in [-0.25, -0.2) is 0 Å². The summed E-state index contributed by atoms with van der Waals surface area (Å²) in [6.45, 7) is 6.56. The van der Waals surface area contributed by atoms with Gasteiger partial charge in [-0.1, -0.05) is 241 Å². The number of carbonyl (C=O) groups excluding carboxylic acids is 3. The largest absolute Gasteiger partial charge is 0.462 e. The highest BCUT2D eigenvalue weighted by molar-refractivity contribution is 5.71. The third kappa shape index (κ3) is 49.9. The number of esters is 3. The van der Waals surface area contributed by atoms with E-state index in [-0.39, 0.29) is 31.1 Å². The molecule has 0 aliphatic rings. The maximum Gasteiger partial charge on any atom is 0.306 e. The first kappa shape index (κ1) is 60.9. The summed E-state index contributed by atoms with van der Waals surface area (Å²) in [5, 5.41) is 0. The van der Waals surface area contributed by atoms with Crippen LogP contribution in [0.1, 0.15) is 258 Å². The second-order valence-electron chi connectivity index (χ2n) is 17.9. The van der Waals surface area contributed by atoms with E-state index in [0.29, 0.717) is 19.3 Å². The molecule has 0 rings (SSSR count). The average Bonchev–Trinajstić information content (AvgIpc) is 3.29. The highest BCUT2D eigenvalue weighted by Crippen LogP contribution is 2.14. The summed E-state index contributed by atoms with van der Waals surface area (Å²) < 4.78 is 16.8. The van der Waals surface area contributed by atoms with Crippen molar-refractivity contribution in [2.45, 2.75) is 264 Å². The van der Waals surface area contributed by atoms with Crippen molar-refractivity contribution in [1.29, 1.82) is 0 Å². The molecule has 6 heteroatoms. The van der Waals surface area contributed by atoms with Gasteiger partial charge in [0.2, 0.25) is 0 Å². The first-order chi connectivity index (χ1) is 31.5. The molecule has 64 heavy (non-hydrogen) atoms. The highest BCUT2D eigenvalue weighted by Gasteiger charge is 2.19. The maximum absolute atomic E-state index is 12.8. The van der Waals surface area contributed by atoms with Gasteiger partial charge in [-0.3, -0.25) is 14.4 Å². The third-order valence-corrected chi connectivity index (χ3v) is 11.6. The average molecular weight is 893 g/mol. The van der Waals surface area contributed by atoms with E-state index in [2.05, 4.69) is 93.7 Å². The van der Waals surface area contributed by atoms with E-state index in [1.54, 1.807) is 0 Å². The third-order valence-electron chi connectivity index (χ3n) is 11.6. The Balaban J connectivity index is 4.42. The van der Waals surface area contributed by atoms with Crippen molar-refractivity contribution in [3.63, 3.8) is 0 Å². The molecule has 368 valence electrons. The smallest absolute Gasteiger partial charge is 0.306 e. The van der Waals surface area contributed by atoms with Crippen molar-refractivity contribution in [3.05, 3.63) is 72.9 Å². The van der Waals surface area contributed by atoms with Crippen LogP contribution in [0.3, 0.4) is 0 Å². The van der Waals surface area contributed by atoms with E-state index < -0.39 is 6.10 Å². The molecule has 0 aromatic heterocycles. The molecule has 0 radical (unpaired) electrons. The number of carbonyl (C=O) groups is 3. The Morgan fingerprint density at radius 3 is 0.922 bits per heavy atom. The van der Waals surface area contributed by atoms with Gasteiger partial charge in [-0.05, 0) is 70.6 Å². The highest BCUT2D eigenvalue weighted by atomic mass is 16.6. The van der Waals surface area contributed by atoms with Crippen molar-refractivity contribution >= 4 is 17.9 Å². The lowest BCUT2D eigenvalue weighted by atomic mass is 10.1. The Morgan fingerprint density at radius 2 is 0.562 bits per heavy atom. The summed E-state index contributed by atoms with van der Waals surface area (Å²) in [6.07, 6.45) is 65.9. The number of hydrogen-bond donors (Lipinski definition) is 0. The fourth-order valence-electron chi connectivity index (χ4n) is 7.44. The quantitative estimate of drug-likeness (QED) is 0.0262. The summed E-state index contributed by atoms with van der Waals surface area (Å²) in [4.78, 5) is 38.0. The predicted molar refractivity (Wildman–Crippen MR) is 274 cm³/mol. The van der Waals surface area contributed by atoms with Crippen LogP contribution in [0.25, 0.3) is 0 Å². The van der Waals surface area contributed by atoms with Crippen molar-refractivity contribution in [2.24, 2.45) is 0 Å². The molecule has 0 fully saturated rings. The zero-order valence-corrected chi connectivity index (χ0v) is 42.0. The predicted octanol–water partition coefficient (Wildman–Crippen LogP) is 17.8. The van der Waals surface area contributed by atoms with Crippen molar-refractivity contribution in [2.75, 3.05) is 13.2 Å². The molecule has 0 amide bonds. The summed E-state index contributed by atoms with van der Waals surface area (Å²) in [5.41, 5.74) is 0. The van der Waals surface area contributed by atoms with Crippen LogP contribution in [0.5, 0.6) is 0 Å². The minimum absolute atomic E-state index is 0.0884. The van der Waals surface area contributed by atoms with Gasteiger partial charge in [0.05, 0.1) is 0 Å². The Labute approximate surface area is 395 Å². The Kier molecular flexibility index (Phi) is 49.9. The molecule has 0 spiro atoms. The minimum atomic E-state index is -0.791. The maximum atomic E-state index is 12.8. The zero-order valence-electron chi connectivity index (χ0n) is 42.0. The van der Waals surface area contributed by atoms with Gasteiger partial charge >= 0.3 is 17.9 Å². The standard InChI is InChI=1S/C58H100O6/c1-4-7-10-13-16-19-22-24-26-28-30-32-34-36-39-42-45-48-51-57(60)63-54-55(53-62-56(59)50-47-44-41-38-21-18-15-12-9-6-3)64-58(61)52-49-46-43-40-37-35-33-31-29-27-25-23-20-17-14-11-8-5-2/h16,19,22,24,26-33,55H,4-15,17-18,20-21,23,25,34-54H2,1-3H3/b19-16-,24-22-,28-26-,29-27-,32-30-,33-31-. The first-order valence-electron chi connectivity index (χ1n) is 27.0. The molecular weight excluding hydrogens is 793 g/mol. The van der Waals surface area contributed by atoms with Crippen molar-refractivity contribution in [1.82, 2.24) is 0 Å². The van der Waals surface area contributed by atoms with Gasteiger partial charge in [0.15, 0.2) is 6.10 Å². The number of hydrogen-bond acceptors (Lipinski definition) is 6. The topological polar surface area (TPSA) is 78.9 Å². The molecule has 0 N–H and O–H groups in total. The van der Waals surface area contributed by atoms with E-state index in [0.717, 1.165) is 103 Å². The number of ether oxygens (including phenoxy) is 3. The molecule has 0 aliphatic carbocycles. The van der Waals surface area contributed by atoms with Crippen LogP contribution in [0, 0.1) is 0 Å². The van der Waals surface area contributed by atoms with Gasteiger partial charge in [-0.2, -0.15) is 0 Å².